The van der Waals surface area contributed by atoms with Gasteiger partial charge in [-0.25, -0.2) is 9.13 Å². The molecule has 4 nitrogen and oxygen atoms in total. The lowest BCUT2D eigenvalue weighted by Gasteiger charge is -2.05. The zero-order valence-corrected chi connectivity index (χ0v) is 13.2. The van der Waals surface area contributed by atoms with Crippen molar-refractivity contribution >= 4 is 5.97 Å². The summed E-state index contributed by atoms with van der Waals surface area (Å²) in [6.45, 7) is 7.19. The summed E-state index contributed by atoms with van der Waals surface area (Å²) in [5.74, 6) is 0.0946. The molecule has 0 aliphatic carbocycles. The summed E-state index contributed by atoms with van der Waals surface area (Å²) >= 11 is 0. The van der Waals surface area contributed by atoms with Gasteiger partial charge in [0, 0.05) is 13.3 Å². The number of carbonyl (C=O) groups is 1. The fourth-order valence-corrected chi connectivity index (χ4v) is 2.78. The molecule has 1 rings (SSSR count). The number of unbranched alkanes of at least 4 members (excludes halogenated alkanes) is 5. The van der Waals surface area contributed by atoms with Crippen LogP contribution in [0.3, 0.4) is 0 Å². The zero-order chi connectivity index (χ0) is 15.0. The molecule has 1 aromatic heterocycles. The summed E-state index contributed by atoms with van der Waals surface area (Å²) < 4.78 is 4.04. The summed E-state index contributed by atoms with van der Waals surface area (Å²) in [5.41, 5.74) is 1.12. The van der Waals surface area contributed by atoms with Gasteiger partial charge in [0.15, 0.2) is 0 Å². The number of carbonyl (C=O) groups excluding carboxylic acids is 1. The monoisotopic (exact) mass is 280 g/mol. The SMILES string of the molecule is CCCCCCCCc1n(CC)c(C)c[n+]1CC(=O)[O-]. The molecule has 0 aromatic carbocycles. The Hall–Kier alpha value is -1.32. The van der Waals surface area contributed by atoms with Crippen LogP contribution in [-0.2, 0) is 24.3 Å². The summed E-state index contributed by atoms with van der Waals surface area (Å²) in [6, 6.07) is 0. The fourth-order valence-electron chi connectivity index (χ4n) is 2.78. The smallest absolute Gasteiger partial charge is 0.256 e. The third-order valence-electron chi connectivity index (χ3n) is 3.78. The lowest BCUT2D eigenvalue weighted by atomic mass is 10.1. The Labute approximate surface area is 122 Å². The second-order valence-corrected chi connectivity index (χ2v) is 5.45. The van der Waals surface area contributed by atoms with Crippen LogP contribution in [0.2, 0.25) is 0 Å². The summed E-state index contributed by atoms with van der Waals surface area (Å²) in [7, 11) is 0. The Morgan fingerprint density at radius 2 is 1.85 bits per heavy atom. The van der Waals surface area contributed by atoms with Crippen LogP contribution in [0.4, 0.5) is 0 Å². The van der Waals surface area contributed by atoms with Crippen LogP contribution < -0.4 is 9.67 Å². The first kappa shape index (κ1) is 16.7. The molecular weight excluding hydrogens is 252 g/mol. The standard InChI is InChI=1S/C16H28N2O2/c1-4-6-7-8-9-10-11-15-17(13-16(19)20)12-14(3)18(15)5-2/h12H,4-11,13H2,1-3H3. The minimum absolute atomic E-state index is 0.0427. The van der Waals surface area contributed by atoms with Crippen LogP contribution in [0.5, 0.6) is 0 Å². The Morgan fingerprint density at radius 1 is 1.20 bits per heavy atom. The van der Waals surface area contributed by atoms with Crippen molar-refractivity contribution in [3.63, 3.8) is 0 Å². The predicted molar refractivity (Wildman–Crippen MR) is 77.1 cm³/mol. The molecule has 0 spiro atoms. The first-order valence-corrected chi connectivity index (χ1v) is 7.88. The van der Waals surface area contributed by atoms with E-state index in [0.29, 0.717) is 0 Å². The highest BCUT2D eigenvalue weighted by Crippen LogP contribution is 2.10. The number of aromatic nitrogens is 2. The summed E-state index contributed by atoms with van der Waals surface area (Å²) in [6.07, 6.45) is 10.4. The van der Waals surface area contributed by atoms with E-state index in [1.165, 1.54) is 32.1 Å². The molecule has 0 amide bonds. The van der Waals surface area contributed by atoms with E-state index in [1.54, 1.807) is 0 Å². The number of aliphatic carboxylic acids is 1. The van der Waals surface area contributed by atoms with E-state index in [1.807, 2.05) is 17.7 Å². The van der Waals surface area contributed by atoms with Crippen LogP contribution in [0.1, 0.15) is 63.9 Å². The van der Waals surface area contributed by atoms with Gasteiger partial charge >= 0.3 is 0 Å². The number of aryl methyl sites for hydroxylation is 1. The van der Waals surface area contributed by atoms with E-state index >= 15 is 0 Å². The molecule has 0 aliphatic rings. The Balaban J connectivity index is 2.59. The minimum Gasteiger partial charge on any atom is -0.546 e. The van der Waals surface area contributed by atoms with Crippen LogP contribution in [-0.4, -0.2) is 10.5 Å². The maximum Gasteiger partial charge on any atom is 0.256 e. The number of hydrogen-bond donors (Lipinski definition) is 0. The maximum absolute atomic E-state index is 10.8. The molecule has 0 N–H and O–H groups in total. The van der Waals surface area contributed by atoms with Gasteiger partial charge in [0.2, 0.25) is 0 Å². The first-order chi connectivity index (χ1) is 9.60. The van der Waals surface area contributed by atoms with Gasteiger partial charge in [-0.05, 0) is 13.3 Å². The maximum atomic E-state index is 10.8. The highest BCUT2D eigenvalue weighted by Gasteiger charge is 2.19. The Kier molecular flexibility index (Phi) is 7.34. The topological polar surface area (TPSA) is 48.9 Å². The van der Waals surface area contributed by atoms with E-state index < -0.39 is 5.97 Å². The van der Waals surface area contributed by atoms with Crippen LogP contribution in [0, 0.1) is 6.92 Å². The molecule has 1 heterocycles. The van der Waals surface area contributed by atoms with Gasteiger partial charge in [0.1, 0.15) is 18.4 Å². The van der Waals surface area contributed by atoms with Crippen molar-refractivity contribution in [3.05, 3.63) is 17.7 Å². The van der Waals surface area contributed by atoms with Crippen molar-refractivity contribution in [2.24, 2.45) is 0 Å². The number of carboxylic acid groups (broad SMARTS) is 1. The van der Waals surface area contributed by atoms with Gasteiger partial charge in [-0.15, -0.1) is 0 Å². The van der Waals surface area contributed by atoms with E-state index in [9.17, 15) is 9.90 Å². The molecule has 1 aromatic rings. The molecule has 0 radical (unpaired) electrons. The van der Waals surface area contributed by atoms with Gasteiger partial charge in [0.25, 0.3) is 5.82 Å². The van der Waals surface area contributed by atoms with Crippen molar-refractivity contribution in [1.29, 1.82) is 0 Å². The molecule has 4 heteroatoms. The quantitative estimate of drug-likeness (QED) is 0.484. The van der Waals surface area contributed by atoms with Crippen molar-refractivity contribution in [2.45, 2.75) is 78.8 Å². The molecule has 0 unspecified atom stereocenters. The second kappa shape index (κ2) is 8.77. The molecule has 0 bridgehead atoms. The van der Waals surface area contributed by atoms with Gasteiger partial charge < -0.3 is 9.90 Å². The van der Waals surface area contributed by atoms with Crippen LogP contribution in [0.15, 0.2) is 6.20 Å². The second-order valence-electron chi connectivity index (χ2n) is 5.45. The van der Waals surface area contributed by atoms with Crippen molar-refractivity contribution in [2.75, 3.05) is 0 Å². The average molecular weight is 280 g/mol. The van der Waals surface area contributed by atoms with E-state index in [0.717, 1.165) is 30.9 Å². The largest absolute Gasteiger partial charge is 0.546 e. The number of nitrogens with zero attached hydrogens (tertiary/aromatic N) is 2. The number of hydrogen-bond acceptors (Lipinski definition) is 2. The highest BCUT2D eigenvalue weighted by molar-refractivity contribution is 5.62. The van der Waals surface area contributed by atoms with Crippen molar-refractivity contribution < 1.29 is 14.5 Å². The van der Waals surface area contributed by atoms with E-state index in [4.69, 9.17) is 0 Å². The number of carboxylic acids is 1. The predicted octanol–water partition coefficient (Wildman–Crippen LogP) is 1.76. The molecular formula is C16H28N2O2. The third kappa shape index (κ3) is 4.99. The van der Waals surface area contributed by atoms with Gasteiger partial charge in [-0.1, -0.05) is 39.0 Å². The third-order valence-corrected chi connectivity index (χ3v) is 3.78. The van der Waals surface area contributed by atoms with Crippen LogP contribution in [0.25, 0.3) is 0 Å². The average Bonchev–Trinajstić information content (AvgIpc) is 2.68. The van der Waals surface area contributed by atoms with Crippen molar-refractivity contribution in [1.82, 2.24) is 4.57 Å². The van der Waals surface area contributed by atoms with E-state index in [2.05, 4.69) is 18.4 Å². The zero-order valence-electron chi connectivity index (χ0n) is 13.2. The van der Waals surface area contributed by atoms with Gasteiger partial charge in [0.05, 0.1) is 12.5 Å². The minimum atomic E-state index is -1.02. The molecule has 0 aliphatic heterocycles. The molecule has 114 valence electrons. The highest BCUT2D eigenvalue weighted by atomic mass is 16.4. The molecule has 0 fully saturated rings. The number of imidazole rings is 1. The Bertz CT molecular complexity index is 424. The first-order valence-electron chi connectivity index (χ1n) is 7.88. The van der Waals surface area contributed by atoms with E-state index in [-0.39, 0.29) is 6.54 Å². The number of rotatable bonds is 10. The molecule has 0 saturated carbocycles. The lowest BCUT2D eigenvalue weighted by Crippen LogP contribution is -2.45. The molecule has 20 heavy (non-hydrogen) atoms. The molecule has 0 saturated heterocycles. The van der Waals surface area contributed by atoms with Gasteiger partial charge in [-0.3, -0.25) is 0 Å². The van der Waals surface area contributed by atoms with Crippen LogP contribution >= 0.6 is 0 Å². The Morgan fingerprint density at radius 3 is 2.45 bits per heavy atom. The summed E-state index contributed by atoms with van der Waals surface area (Å²) in [5, 5.41) is 10.8. The lowest BCUT2D eigenvalue weighted by molar-refractivity contribution is -0.697. The summed E-state index contributed by atoms with van der Waals surface area (Å²) in [4.78, 5) is 10.8. The van der Waals surface area contributed by atoms with Gasteiger partial charge in [-0.2, -0.15) is 0 Å². The fraction of sp³-hybridized carbons (Fsp3) is 0.750. The normalized spacial score (nSPS) is 10.9. The van der Waals surface area contributed by atoms with Crippen molar-refractivity contribution in [3.8, 4) is 0 Å². The molecule has 0 atom stereocenters.